The van der Waals surface area contributed by atoms with E-state index in [4.69, 9.17) is 9.88 Å². The van der Waals surface area contributed by atoms with Crippen molar-refractivity contribution in [3.63, 3.8) is 0 Å². The van der Waals surface area contributed by atoms with Crippen molar-refractivity contribution in [1.82, 2.24) is 9.78 Å². The summed E-state index contributed by atoms with van der Waals surface area (Å²) in [6.45, 7) is -0.629. The number of aromatic nitrogens is 2. The van der Waals surface area contributed by atoms with E-state index in [1.807, 2.05) is 0 Å². The third-order valence-corrected chi connectivity index (χ3v) is 5.73. The number of para-hydroxylation sites is 1. The van der Waals surface area contributed by atoms with Crippen LogP contribution in [0.2, 0.25) is 0 Å². The molecule has 34 heavy (non-hydrogen) atoms. The van der Waals surface area contributed by atoms with Crippen LogP contribution in [0, 0.1) is 0 Å². The van der Waals surface area contributed by atoms with Gasteiger partial charge in [-0.1, -0.05) is 36.4 Å². The van der Waals surface area contributed by atoms with Gasteiger partial charge in [-0.2, -0.15) is 9.78 Å². The Morgan fingerprint density at radius 3 is 2.18 bits per heavy atom. The highest BCUT2D eigenvalue weighted by Crippen LogP contribution is 2.17. The van der Waals surface area contributed by atoms with Gasteiger partial charge in [-0.15, -0.1) is 0 Å². The second-order valence-corrected chi connectivity index (χ2v) is 8.70. The molecule has 3 N–H and O–H groups in total. The van der Waals surface area contributed by atoms with Crippen LogP contribution in [0.15, 0.2) is 88.6 Å². The normalized spacial score (nSPS) is 11.2. The maximum absolute atomic E-state index is 12.9. The number of hydrogen-bond acceptors (Lipinski definition) is 7. The van der Waals surface area contributed by atoms with Gasteiger partial charge in [0.05, 0.1) is 16.0 Å². The summed E-state index contributed by atoms with van der Waals surface area (Å²) in [7, 11) is -3.86. The van der Waals surface area contributed by atoms with E-state index in [0.29, 0.717) is 11.1 Å². The van der Waals surface area contributed by atoms with Crippen LogP contribution < -0.4 is 16.0 Å². The van der Waals surface area contributed by atoms with Crippen LogP contribution in [-0.4, -0.2) is 36.7 Å². The van der Waals surface area contributed by atoms with Crippen molar-refractivity contribution in [1.29, 1.82) is 0 Å². The average Bonchev–Trinajstić information content (AvgIpc) is 2.83. The first-order valence-electron chi connectivity index (χ1n) is 9.91. The molecule has 0 atom stereocenters. The number of primary sulfonamides is 1. The lowest BCUT2D eigenvalue weighted by Gasteiger charge is -2.11. The van der Waals surface area contributed by atoms with Gasteiger partial charge in [-0.3, -0.25) is 9.59 Å². The molecule has 0 radical (unpaired) electrons. The third-order valence-electron chi connectivity index (χ3n) is 4.80. The van der Waals surface area contributed by atoms with Crippen molar-refractivity contribution in [2.24, 2.45) is 5.14 Å². The highest BCUT2D eigenvalue weighted by atomic mass is 32.2. The molecule has 1 aromatic heterocycles. The first-order valence-corrected chi connectivity index (χ1v) is 11.5. The van der Waals surface area contributed by atoms with Crippen LogP contribution in [-0.2, 0) is 19.6 Å². The Morgan fingerprint density at radius 1 is 0.912 bits per heavy atom. The number of nitrogens with one attached hydrogen (secondary N) is 1. The zero-order chi connectivity index (χ0) is 24.3. The first-order chi connectivity index (χ1) is 16.2. The molecule has 0 saturated heterocycles. The number of nitrogens with zero attached hydrogens (tertiary/aromatic N) is 2. The van der Waals surface area contributed by atoms with E-state index in [1.165, 1.54) is 24.3 Å². The lowest BCUT2D eigenvalue weighted by atomic mass is 10.1. The topological polar surface area (TPSA) is 150 Å². The number of nitrogens with two attached hydrogens (primary N) is 1. The largest absolute Gasteiger partial charge is 0.451 e. The highest BCUT2D eigenvalue weighted by molar-refractivity contribution is 7.89. The fraction of sp³-hybridized carbons (Fsp3) is 0.0435. The number of anilines is 1. The molecule has 3 aromatic carbocycles. The smallest absolute Gasteiger partial charge is 0.359 e. The number of carbonyl (C=O) groups is 2. The average molecular weight is 478 g/mol. The van der Waals surface area contributed by atoms with Crippen LogP contribution in [0.4, 0.5) is 5.69 Å². The maximum Gasteiger partial charge on any atom is 0.359 e. The molecule has 0 aliphatic heterocycles. The van der Waals surface area contributed by atoms with Crippen molar-refractivity contribution >= 4 is 38.4 Å². The summed E-state index contributed by atoms with van der Waals surface area (Å²) < 4.78 is 28.9. The number of hydrogen-bond donors (Lipinski definition) is 2. The van der Waals surface area contributed by atoms with Gasteiger partial charge in [0.25, 0.3) is 11.5 Å². The van der Waals surface area contributed by atoms with Gasteiger partial charge in [0.1, 0.15) is 0 Å². The van der Waals surface area contributed by atoms with Crippen LogP contribution in [0.1, 0.15) is 10.5 Å². The minimum absolute atomic E-state index is 0.108. The van der Waals surface area contributed by atoms with Crippen LogP contribution in [0.25, 0.3) is 16.5 Å². The minimum atomic E-state index is -3.86. The van der Waals surface area contributed by atoms with Crippen LogP contribution >= 0.6 is 0 Å². The summed E-state index contributed by atoms with van der Waals surface area (Å²) in [5.74, 6) is -1.54. The summed E-state index contributed by atoms with van der Waals surface area (Å²) >= 11 is 0. The number of ether oxygens (including phenoxy) is 1. The molecule has 4 aromatic rings. The fourth-order valence-corrected chi connectivity index (χ4v) is 3.72. The molecule has 0 spiro atoms. The predicted octanol–water partition coefficient (Wildman–Crippen LogP) is 1.83. The van der Waals surface area contributed by atoms with Gasteiger partial charge >= 0.3 is 5.97 Å². The summed E-state index contributed by atoms with van der Waals surface area (Å²) in [5, 5.41) is 12.3. The molecule has 1 amide bonds. The predicted molar refractivity (Wildman–Crippen MR) is 124 cm³/mol. The minimum Gasteiger partial charge on any atom is -0.451 e. The molecule has 0 unspecified atom stereocenters. The zero-order valence-electron chi connectivity index (χ0n) is 17.5. The molecule has 172 valence electrons. The Kier molecular flexibility index (Phi) is 6.21. The first kappa shape index (κ1) is 22.8. The summed E-state index contributed by atoms with van der Waals surface area (Å²) in [5.41, 5.74) is 0.228. The second-order valence-electron chi connectivity index (χ2n) is 7.14. The quantitative estimate of drug-likeness (QED) is 0.401. The monoisotopic (exact) mass is 478 g/mol. The van der Waals surface area contributed by atoms with Crippen LogP contribution in [0.3, 0.4) is 0 Å². The van der Waals surface area contributed by atoms with Gasteiger partial charge in [0.15, 0.2) is 12.3 Å². The highest BCUT2D eigenvalue weighted by Gasteiger charge is 2.20. The Morgan fingerprint density at radius 2 is 1.53 bits per heavy atom. The number of esters is 1. The Balaban J connectivity index is 1.54. The van der Waals surface area contributed by atoms with E-state index in [0.717, 1.165) is 4.68 Å². The fourth-order valence-electron chi connectivity index (χ4n) is 3.21. The standard InChI is InChI=1S/C23H18N4O6S/c24-34(31,32)17-12-10-15(11-13-17)25-20(28)14-33-23(30)21-18-8-4-5-9-19(18)22(29)27(26-21)16-6-2-1-3-7-16/h1-13H,14H2,(H,25,28)(H2,24,31,32). The van der Waals surface area contributed by atoms with Gasteiger partial charge in [0.2, 0.25) is 10.0 Å². The van der Waals surface area contributed by atoms with E-state index in [-0.39, 0.29) is 21.7 Å². The van der Waals surface area contributed by atoms with E-state index < -0.39 is 34.1 Å². The van der Waals surface area contributed by atoms with Gasteiger partial charge in [0, 0.05) is 11.1 Å². The molecule has 0 fully saturated rings. The van der Waals surface area contributed by atoms with Crippen LogP contribution in [0.5, 0.6) is 0 Å². The number of amides is 1. The van der Waals surface area contributed by atoms with Crippen molar-refractivity contribution in [2.75, 3.05) is 11.9 Å². The SMILES string of the molecule is NS(=O)(=O)c1ccc(NC(=O)COC(=O)c2nn(-c3ccccc3)c(=O)c3ccccc23)cc1. The molecule has 0 bridgehead atoms. The van der Waals surface area contributed by atoms with Crippen molar-refractivity contribution in [2.45, 2.75) is 4.90 Å². The molecular weight excluding hydrogens is 460 g/mol. The third kappa shape index (κ3) is 4.85. The van der Waals surface area contributed by atoms with Crippen molar-refractivity contribution in [3.05, 3.63) is 94.9 Å². The maximum atomic E-state index is 12.9. The molecule has 0 saturated carbocycles. The van der Waals surface area contributed by atoms with Gasteiger partial charge in [-0.25, -0.2) is 18.4 Å². The molecule has 1 heterocycles. The van der Waals surface area contributed by atoms with E-state index in [2.05, 4.69) is 10.4 Å². The Hall–Kier alpha value is -4.35. The molecule has 0 aliphatic rings. The van der Waals surface area contributed by atoms with Crippen molar-refractivity contribution in [3.8, 4) is 5.69 Å². The summed E-state index contributed by atoms with van der Waals surface area (Å²) in [4.78, 5) is 37.8. The van der Waals surface area contributed by atoms with Crippen molar-refractivity contribution < 1.29 is 22.7 Å². The lowest BCUT2D eigenvalue weighted by Crippen LogP contribution is -2.26. The summed E-state index contributed by atoms with van der Waals surface area (Å²) in [6.07, 6.45) is 0. The van der Waals surface area contributed by atoms with Gasteiger partial charge < -0.3 is 10.1 Å². The number of fused-ring (bicyclic) bond motifs is 1. The number of benzene rings is 3. The zero-order valence-corrected chi connectivity index (χ0v) is 18.4. The molecular formula is C23H18N4O6S. The number of sulfonamides is 1. The Bertz CT molecular complexity index is 1550. The molecule has 0 aliphatic carbocycles. The lowest BCUT2D eigenvalue weighted by molar-refractivity contribution is -0.119. The van der Waals surface area contributed by atoms with Gasteiger partial charge in [-0.05, 0) is 42.5 Å². The summed E-state index contributed by atoms with van der Waals surface area (Å²) in [6, 6.07) is 20.2. The molecule has 10 nitrogen and oxygen atoms in total. The van der Waals surface area contributed by atoms with E-state index in [9.17, 15) is 22.8 Å². The Labute approximate surface area is 193 Å². The number of carbonyl (C=O) groups excluding carboxylic acids is 2. The number of rotatable bonds is 6. The molecule has 11 heteroatoms. The second kappa shape index (κ2) is 9.25. The van der Waals surface area contributed by atoms with E-state index in [1.54, 1.807) is 54.6 Å². The molecule has 4 rings (SSSR count). The van der Waals surface area contributed by atoms with E-state index >= 15 is 0 Å².